The van der Waals surface area contributed by atoms with E-state index in [9.17, 15) is 22.8 Å². The topological polar surface area (TPSA) is 49.4 Å². The molecule has 0 radical (unpaired) electrons. The summed E-state index contributed by atoms with van der Waals surface area (Å²) in [5.74, 6) is -0.278. The number of alkyl halides is 3. The molecule has 0 aliphatic carbocycles. The van der Waals surface area contributed by atoms with E-state index >= 15 is 0 Å². The molecule has 1 saturated heterocycles. The highest BCUT2D eigenvalue weighted by atomic mass is 32.2. The van der Waals surface area contributed by atoms with Crippen LogP contribution in [-0.4, -0.2) is 34.6 Å². The number of carbonyl (C=O) groups is 2. The van der Waals surface area contributed by atoms with Crippen molar-refractivity contribution < 1.29 is 22.8 Å². The first-order valence-electron chi connectivity index (χ1n) is 7.51. The lowest BCUT2D eigenvalue weighted by Crippen LogP contribution is -2.48. The minimum Gasteiger partial charge on any atom is -0.352 e. The van der Waals surface area contributed by atoms with E-state index in [1.807, 2.05) is 13.8 Å². The van der Waals surface area contributed by atoms with Crippen LogP contribution in [0.1, 0.15) is 37.3 Å². The fraction of sp³-hybridized carbons (Fsp3) is 0.500. The van der Waals surface area contributed by atoms with Crippen molar-refractivity contribution in [2.75, 3.05) is 5.75 Å². The van der Waals surface area contributed by atoms with Crippen LogP contribution < -0.4 is 5.32 Å². The Balaban J connectivity index is 2.22. The van der Waals surface area contributed by atoms with Crippen molar-refractivity contribution in [2.24, 2.45) is 0 Å². The normalized spacial score (nSPS) is 19.7. The van der Waals surface area contributed by atoms with E-state index in [0.717, 1.165) is 12.1 Å². The van der Waals surface area contributed by atoms with Gasteiger partial charge >= 0.3 is 6.18 Å². The summed E-state index contributed by atoms with van der Waals surface area (Å²) in [6.07, 6.45) is -4.40. The van der Waals surface area contributed by atoms with Gasteiger partial charge in [0.15, 0.2) is 0 Å². The van der Waals surface area contributed by atoms with Gasteiger partial charge in [0.05, 0.1) is 11.3 Å². The van der Waals surface area contributed by atoms with Crippen molar-refractivity contribution in [3.8, 4) is 0 Å². The van der Waals surface area contributed by atoms with Crippen molar-refractivity contribution in [1.82, 2.24) is 10.2 Å². The molecule has 24 heavy (non-hydrogen) atoms. The van der Waals surface area contributed by atoms with Crippen LogP contribution in [-0.2, 0) is 15.8 Å². The molecule has 132 valence electrons. The van der Waals surface area contributed by atoms with Crippen molar-refractivity contribution in [3.05, 3.63) is 35.4 Å². The zero-order chi connectivity index (χ0) is 18.1. The van der Waals surface area contributed by atoms with Gasteiger partial charge in [-0.2, -0.15) is 13.2 Å². The predicted molar refractivity (Wildman–Crippen MR) is 86.2 cm³/mol. The maximum atomic E-state index is 12.7. The van der Waals surface area contributed by atoms with Crippen molar-refractivity contribution in [3.63, 3.8) is 0 Å². The van der Waals surface area contributed by atoms with Crippen LogP contribution in [0.5, 0.6) is 0 Å². The third-order valence-corrected chi connectivity index (χ3v) is 4.88. The number of carbonyl (C=O) groups excluding carboxylic acids is 2. The highest BCUT2D eigenvalue weighted by molar-refractivity contribution is 8.00. The van der Waals surface area contributed by atoms with Crippen molar-refractivity contribution >= 4 is 23.6 Å². The molecule has 8 heteroatoms. The molecule has 1 aromatic rings. The lowest BCUT2D eigenvalue weighted by molar-refractivity contribution is -0.138. The molecule has 1 heterocycles. The first-order valence-corrected chi connectivity index (χ1v) is 8.56. The summed E-state index contributed by atoms with van der Waals surface area (Å²) in [6.45, 7) is 5.26. The number of thioether (sulfide) groups is 1. The molecule has 4 nitrogen and oxygen atoms in total. The van der Waals surface area contributed by atoms with E-state index in [1.54, 1.807) is 6.92 Å². The summed E-state index contributed by atoms with van der Waals surface area (Å²) in [6, 6.07) is 3.96. The number of benzene rings is 1. The standard InChI is InChI=1S/C16H19F3N2O2S/c1-9(2)20-14(23)10(3)21-13(22)8-24-15(21)11-4-6-12(7-5-11)16(17,18)19/h4-7,9-10,15H,8H2,1-3H3,(H,20,23). The lowest BCUT2D eigenvalue weighted by Gasteiger charge is -2.30. The summed E-state index contributed by atoms with van der Waals surface area (Å²) < 4.78 is 38.0. The molecule has 0 bridgehead atoms. The average Bonchev–Trinajstić information content (AvgIpc) is 2.86. The van der Waals surface area contributed by atoms with Gasteiger partial charge in [-0.3, -0.25) is 9.59 Å². The highest BCUT2D eigenvalue weighted by Gasteiger charge is 2.39. The first kappa shape index (κ1) is 18.6. The molecule has 1 N–H and O–H groups in total. The fourth-order valence-corrected chi connectivity index (χ4v) is 3.74. The smallest absolute Gasteiger partial charge is 0.352 e. The molecule has 0 spiro atoms. The monoisotopic (exact) mass is 360 g/mol. The minimum absolute atomic E-state index is 0.0603. The van der Waals surface area contributed by atoms with E-state index in [0.29, 0.717) is 5.56 Å². The second kappa shape index (κ2) is 7.04. The molecule has 1 fully saturated rings. The van der Waals surface area contributed by atoms with Crippen LogP contribution in [0.25, 0.3) is 0 Å². The Morgan fingerprint density at radius 2 is 1.83 bits per heavy atom. The molecule has 1 aliphatic heterocycles. The lowest BCUT2D eigenvalue weighted by atomic mass is 10.1. The molecular formula is C16H19F3N2O2S. The summed E-state index contributed by atoms with van der Waals surface area (Å²) >= 11 is 1.30. The summed E-state index contributed by atoms with van der Waals surface area (Å²) in [7, 11) is 0. The quantitative estimate of drug-likeness (QED) is 0.897. The molecule has 0 saturated carbocycles. The third kappa shape index (κ3) is 4.03. The molecule has 0 aromatic heterocycles. The van der Waals surface area contributed by atoms with E-state index in [4.69, 9.17) is 0 Å². The third-order valence-electron chi connectivity index (χ3n) is 3.66. The Kier molecular flexibility index (Phi) is 5.47. The van der Waals surface area contributed by atoms with E-state index in [-0.39, 0.29) is 23.6 Å². The van der Waals surface area contributed by atoms with Gasteiger partial charge in [0.1, 0.15) is 11.4 Å². The predicted octanol–water partition coefficient (Wildman–Crippen LogP) is 3.19. The van der Waals surface area contributed by atoms with Crippen LogP contribution in [0.15, 0.2) is 24.3 Å². The van der Waals surface area contributed by atoms with E-state index in [2.05, 4.69) is 5.32 Å². The zero-order valence-corrected chi connectivity index (χ0v) is 14.4. The summed E-state index contributed by atoms with van der Waals surface area (Å²) in [5.41, 5.74) is -0.166. The second-order valence-electron chi connectivity index (χ2n) is 5.92. The highest BCUT2D eigenvalue weighted by Crippen LogP contribution is 2.41. The Bertz CT molecular complexity index is 617. The summed E-state index contributed by atoms with van der Waals surface area (Å²) in [5, 5.41) is 2.29. The number of amides is 2. The molecule has 2 unspecified atom stereocenters. The number of halogens is 3. The van der Waals surface area contributed by atoms with Crippen LogP contribution in [0, 0.1) is 0 Å². The van der Waals surface area contributed by atoms with Crippen LogP contribution in [0.2, 0.25) is 0 Å². The van der Waals surface area contributed by atoms with Crippen LogP contribution in [0.4, 0.5) is 13.2 Å². The SMILES string of the molecule is CC(C)NC(=O)C(C)N1C(=O)CSC1c1ccc(C(F)(F)F)cc1. The molecular weight excluding hydrogens is 341 g/mol. The number of nitrogens with one attached hydrogen (secondary N) is 1. The molecule has 2 atom stereocenters. The van der Waals surface area contributed by atoms with Crippen LogP contribution in [0.3, 0.4) is 0 Å². The van der Waals surface area contributed by atoms with Gasteiger partial charge in [0, 0.05) is 6.04 Å². The minimum atomic E-state index is -4.40. The van der Waals surface area contributed by atoms with Crippen molar-refractivity contribution in [2.45, 2.75) is 44.4 Å². The number of nitrogens with zero attached hydrogens (tertiary/aromatic N) is 1. The van der Waals surface area contributed by atoms with Gasteiger partial charge < -0.3 is 10.2 Å². The molecule has 2 rings (SSSR count). The van der Waals surface area contributed by atoms with E-state index < -0.39 is 23.2 Å². The molecule has 2 amide bonds. The van der Waals surface area contributed by atoms with Crippen LogP contribution >= 0.6 is 11.8 Å². The maximum Gasteiger partial charge on any atom is 0.416 e. The Labute approximate surface area is 142 Å². The Hall–Kier alpha value is -1.70. The fourth-order valence-electron chi connectivity index (χ4n) is 2.48. The number of hydrogen-bond acceptors (Lipinski definition) is 3. The Morgan fingerprint density at radius 1 is 1.25 bits per heavy atom. The average molecular weight is 360 g/mol. The van der Waals surface area contributed by atoms with Crippen molar-refractivity contribution in [1.29, 1.82) is 0 Å². The summed E-state index contributed by atoms with van der Waals surface area (Å²) in [4.78, 5) is 25.8. The van der Waals surface area contributed by atoms with Gasteiger partial charge in [-0.1, -0.05) is 12.1 Å². The second-order valence-corrected chi connectivity index (χ2v) is 6.99. The van der Waals surface area contributed by atoms with Gasteiger partial charge in [-0.15, -0.1) is 11.8 Å². The molecule has 1 aromatic carbocycles. The number of rotatable bonds is 4. The van der Waals surface area contributed by atoms with Gasteiger partial charge in [-0.05, 0) is 38.5 Å². The number of hydrogen-bond donors (Lipinski definition) is 1. The van der Waals surface area contributed by atoms with Gasteiger partial charge in [0.25, 0.3) is 0 Å². The van der Waals surface area contributed by atoms with E-state index in [1.165, 1.54) is 28.8 Å². The first-order chi connectivity index (χ1) is 11.1. The Morgan fingerprint density at radius 3 is 2.33 bits per heavy atom. The maximum absolute atomic E-state index is 12.7. The van der Waals surface area contributed by atoms with Gasteiger partial charge in [0.2, 0.25) is 11.8 Å². The zero-order valence-electron chi connectivity index (χ0n) is 13.6. The molecule has 1 aliphatic rings. The van der Waals surface area contributed by atoms with Gasteiger partial charge in [-0.25, -0.2) is 0 Å². The largest absolute Gasteiger partial charge is 0.416 e.